The molecule has 0 radical (unpaired) electrons. The van der Waals surface area contributed by atoms with E-state index in [-0.39, 0.29) is 12.5 Å². The van der Waals surface area contributed by atoms with Crippen molar-refractivity contribution in [3.63, 3.8) is 0 Å². The Hall–Kier alpha value is -2.28. The summed E-state index contributed by atoms with van der Waals surface area (Å²) in [5.74, 6) is 6.93. The number of nitrogens with one attached hydrogen (secondary N) is 1. The van der Waals surface area contributed by atoms with Crippen molar-refractivity contribution in [3.05, 3.63) is 18.0 Å². The van der Waals surface area contributed by atoms with Crippen LogP contribution in [0.1, 0.15) is 5.82 Å². The number of benzene rings is 1. The van der Waals surface area contributed by atoms with Crippen LogP contribution in [0.4, 0.5) is 0 Å². The predicted molar refractivity (Wildman–Crippen MR) is 67.8 cm³/mol. The van der Waals surface area contributed by atoms with Gasteiger partial charge in [0.15, 0.2) is 11.5 Å². The quantitative estimate of drug-likeness (QED) is 0.455. The fourth-order valence-electron chi connectivity index (χ4n) is 2.17. The minimum absolute atomic E-state index is 0.123. The Morgan fingerprint density at radius 1 is 1.42 bits per heavy atom. The maximum absolute atomic E-state index is 11.4. The second kappa shape index (κ2) is 4.43. The molecule has 100 valence electrons. The highest BCUT2D eigenvalue weighted by Gasteiger charge is 2.17. The molecular formula is C12H14N4O3. The molecule has 0 fully saturated rings. The third kappa shape index (κ3) is 1.97. The third-order valence-electron chi connectivity index (χ3n) is 3.07. The lowest BCUT2D eigenvalue weighted by Gasteiger charge is -2.18. The Kier molecular flexibility index (Phi) is 2.75. The van der Waals surface area contributed by atoms with E-state index >= 15 is 0 Å². The molecule has 7 heteroatoms. The summed E-state index contributed by atoms with van der Waals surface area (Å²) in [6.45, 7) is 3.02. The van der Waals surface area contributed by atoms with Gasteiger partial charge in [-0.25, -0.2) is 10.8 Å². The molecule has 0 unspecified atom stereocenters. The highest BCUT2D eigenvalue weighted by molar-refractivity contribution is 5.83. The summed E-state index contributed by atoms with van der Waals surface area (Å²) >= 11 is 0. The van der Waals surface area contributed by atoms with Gasteiger partial charge in [0.1, 0.15) is 25.6 Å². The molecule has 3 N–H and O–H groups in total. The normalized spacial score (nSPS) is 13.6. The minimum Gasteiger partial charge on any atom is -0.486 e. The average Bonchev–Trinajstić information content (AvgIpc) is 2.72. The van der Waals surface area contributed by atoms with E-state index < -0.39 is 0 Å². The Labute approximate surface area is 109 Å². The number of aromatic nitrogens is 2. The highest BCUT2D eigenvalue weighted by atomic mass is 16.6. The summed E-state index contributed by atoms with van der Waals surface area (Å²) in [5, 5.41) is 0. The van der Waals surface area contributed by atoms with Crippen molar-refractivity contribution in [2.75, 3.05) is 13.2 Å². The molecule has 1 aliphatic rings. The summed E-state index contributed by atoms with van der Waals surface area (Å²) in [5.41, 5.74) is 3.71. The van der Waals surface area contributed by atoms with Gasteiger partial charge in [-0.05, 0) is 6.92 Å². The second-order valence-corrected chi connectivity index (χ2v) is 4.30. The second-order valence-electron chi connectivity index (χ2n) is 4.30. The van der Waals surface area contributed by atoms with Crippen molar-refractivity contribution in [1.82, 2.24) is 15.0 Å². The molecule has 2 aromatic rings. The van der Waals surface area contributed by atoms with Crippen LogP contribution in [-0.2, 0) is 11.3 Å². The van der Waals surface area contributed by atoms with E-state index in [4.69, 9.17) is 15.3 Å². The van der Waals surface area contributed by atoms with Gasteiger partial charge in [-0.2, -0.15) is 0 Å². The first kappa shape index (κ1) is 11.8. The van der Waals surface area contributed by atoms with E-state index in [1.54, 1.807) is 4.57 Å². The number of nitrogens with two attached hydrogens (primary N) is 1. The summed E-state index contributed by atoms with van der Waals surface area (Å²) in [4.78, 5) is 15.8. The topological polar surface area (TPSA) is 91.4 Å². The SMILES string of the molecule is Cc1nc2cc3c(cc2n1CC(=O)NN)OCCO3. The molecule has 2 heterocycles. The number of hydrazine groups is 1. The predicted octanol–water partition coefficient (Wildman–Crippen LogP) is 0.106. The lowest BCUT2D eigenvalue weighted by molar-refractivity contribution is -0.121. The number of carbonyl (C=O) groups excluding carboxylic acids is 1. The zero-order valence-corrected chi connectivity index (χ0v) is 10.5. The number of imidazole rings is 1. The lowest BCUT2D eigenvalue weighted by Crippen LogP contribution is -2.33. The van der Waals surface area contributed by atoms with E-state index in [1.165, 1.54) is 0 Å². The van der Waals surface area contributed by atoms with E-state index in [2.05, 4.69) is 10.4 Å². The Balaban J connectivity index is 2.11. The fourth-order valence-corrected chi connectivity index (χ4v) is 2.17. The molecule has 0 spiro atoms. The number of fused-ring (bicyclic) bond motifs is 2. The van der Waals surface area contributed by atoms with Gasteiger partial charge in [0, 0.05) is 12.1 Å². The number of carbonyl (C=O) groups is 1. The molecule has 0 atom stereocenters. The first-order chi connectivity index (χ1) is 9.19. The van der Waals surface area contributed by atoms with Crippen LogP contribution in [0.5, 0.6) is 11.5 Å². The average molecular weight is 262 g/mol. The summed E-state index contributed by atoms with van der Waals surface area (Å²) < 4.78 is 12.8. The van der Waals surface area contributed by atoms with Gasteiger partial charge in [-0.1, -0.05) is 0 Å². The van der Waals surface area contributed by atoms with Crippen LogP contribution >= 0.6 is 0 Å². The van der Waals surface area contributed by atoms with Crippen molar-refractivity contribution in [2.24, 2.45) is 5.84 Å². The highest BCUT2D eigenvalue weighted by Crippen LogP contribution is 2.34. The van der Waals surface area contributed by atoms with Crippen LogP contribution < -0.4 is 20.7 Å². The Bertz CT molecular complexity index is 650. The zero-order valence-electron chi connectivity index (χ0n) is 10.5. The molecule has 1 amide bonds. The first-order valence-corrected chi connectivity index (χ1v) is 5.95. The van der Waals surface area contributed by atoms with Gasteiger partial charge in [0.05, 0.1) is 11.0 Å². The van der Waals surface area contributed by atoms with E-state index in [1.807, 2.05) is 19.1 Å². The van der Waals surface area contributed by atoms with Gasteiger partial charge in [0.25, 0.3) is 5.91 Å². The summed E-state index contributed by atoms with van der Waals surface area (Å²) in [6, 6.07) is 3.67. The Morgan fingerprint density at radius 3 is 2.79 bits per heavy atom. The minimum atomic E-state index is -0.280. The van der Waals surface area contributed by atoms with Crippen LogP contribution in [0.15, 0.2) is 12.1 Å². The summed E-state index contributed by atoms with van der Waals surface area (Å²) in [7, 11) is 0. The van der Waals surface area contributed by atoms with Crippen LogP contribution in [0, 0.1) is 6.92 Å². The molecule has 3 rings (SSSR count). The van der Waals surface area contributed by atoms with Gasteiger partial charge >= 0.3 is 0 Å². The number of rotatable bonds is 2. The molecule has 1 aromatic heterocycles. The molecule has 0 saturated heterocycles. The van der Waals surface area contributed by atoms with Gasteiger partial charge < -0.3 is 14.0 Å². The van der Waals surface area contributed by atoms with Crippen molar-refractivity contribution >= 4 is 16.9 Å². The van der Waals surface area contributed by atoms with Crippen molar-refractivity contribution in [3.8, 4) is 11.5 Å². The molecule has 1 aliphatic heterocycles. The van der Waals surface area contributed by atoms with Crippen LogP contribution in [0.3, 0.4) is 0 Å². The van der Waals surface area contributed by atoms with Gasteiger partial charge in [-0.15, -0.1) is 0 Å². The van der Waals surface area contributed by atoms with Gasteiger partial charge in [-0.3, -0.25) is 10.2 Å². The molecular weight excluding hydrogens is 248 g/mol. The lowest BCUT2D eigenvalue weighted by atomic mass is 10.2. The number of ether oxygens (including phenoxy) is 2. The summed E-state index contributed by atoms with van der Waals surface area (Å²) in [6.07, 6.45) is 0. The third-order valence-corrected chi connectivity index (χ3v) is 3.07. The van der Waals surface area contributed by atoms with E-state index in [9.17, 15) is 4.79 Å². The first-order valence-electron chi connectivity index (χ1n) is 5.95. The monoisotopic (exact) mass is 262 g/mol. The number of amides is 1. The molecule has 19 heavy (non-hydrogen) atoms. The number of aryl methyl sites for hydroxylation is 1. The number of hydrogen-bond donors (Lipinski definition) is 2. The number of nitrogens with zero attached hydrogens (tertiary/aromatic N) is 2. The van der Waals surface area contributed by atoms with Crippen LogP contribution in [0.2, 0.25) is 0 Å². The largest absolute Gasteiger partial charge is 0.486 e. The molecule has 0 saturated carbocycles. The smallest absolute Gasteiger partial charge is 0.253 e. The maximum atomic E-state index is 11.4. The Morgan fingerprint density at radius 2 is 2.11 bits per heavy atom. The standard InChI is InChI=1S/C12H14N4O3/c1-7-14-8-4-10-11(19-3-2-18-10)5-9(8)16(7)6-12(17)15-13/h4-5H,2-3,6,13H2,1H3,(H,15,17). The van der Waals surface area contributed by atoms with E-state index in [0.717, 1.165) is 16.9 Å². The number of hydrogen-bond acceptors (Lipinski definition) is 5. The van der Waals surface area contributed by atoms with Crippen molar-refractivity contribution in [1.29, 1.82) is 0 Å². The zero-order chi connectivity index (χ0) is 13.4. The van der Waals surface area contributed by atoms with Crippen LogP contribution in [0.25, 0.3) is 11.0 Å². The fraction of sp³-hybridized carbons (Fsp3) is 0.333. The molecule has 7 nitrogen and oxygen atoms in total. The molecule has 1 aromatic carbocycles. The van der Waals surface area contributed by atoms with Crippen LogP contribution in [-0.4, -0.2) is 28.7 Å². The molecule has 0 aliphatic carbocycles. The van der Waals surface area contributed by atoms with Crippen molar-refractivity contribution < 1.29 is 14.3 Å². The van der Waals surface area contributed by atoms with E-state index in [0.29, 0.717) is 24.7 Å². The van der Waals surface area contributed by atoms with Crippen molar-refractivity contribution in [2.45, 2.75) is 13.5 Å². The van der Waals surface area contributed by atoms with Gasteiger partial charge in [0.2, 0.25) is 0 Å². The molecule has 0 bridgehead atoms. The maximum Gasteiger partial charge on any atom is 0.253 e.